The molecule has 7 heteroatoms. The van der Waals surface area contributed by atoms with Crippen LogP contribution in [-0.2, 0) is 4.74 Å². The number of benzene rings is 1. The van der Waals surface area contributed by atoms with E-state index in [1.807, 2.05) is 6.07 Å². The molecule has 1 aromatic rings. The highest BCUT2D eigenvalue weighted by molar-refractivity contribution is 5.46. The van der Waals surface area contributed by atoms with Crippen LogP contribution in [-0.4, -0.2) is 33.1 Å². The average molecular weight is 289 g/mol. The van der Waals surface area contributed by atoms with Gasteiger partial charge in [0.05, 0.1) is 32.0 Å². The molecule has 0 aliphatic rings. The maximum atomic E-state index is 11.8. The Labute approximate surface area is 114 Å². The summed E-state index contributed by atoms with van der Waals surface area (Å²) in [7, 11) is 1.44. The fourth-order valence-electron chi connectivity index (χ4n) is 1.39. The molecule has 20 heavy (non-hydrogen) atoms. The zero-order valence-electron chi connectivity index (χ0n) is 10.9. The lowest BCUT2D eigenvalue weighted by molar-refractivity contribution is -0.174. The van der Waals surface area contributed by atoms with E-state index in [0.717, 1.165) is 0 Å². The lowest BCUT2D eigenvalue weighted by Gasteiger charge is -2.11. The summed E-state index contributed by atoms with van der Waals surface area (Å²) in [5.74, 6) is 0.836. The Bertz CT molecular complexity index is 469. The molecule has 0 aliphatic carbocycles. The second-order valence-corrected chi connectivity index (χ2v) is 3.85. The fourth-order valence-corrected chi connectivity index (χ4v) is 1.39. The molecule has 0 aliphatic heterocycles. The molecule has 0 atom stereocenters. The standard InChI is InChI=1S/C13H14F3NO3/c1-18-12-7-10(8-17)3-4-11(12)20-6-2-5-19-9-13(14,15)16/h3-4,7H,2,5-6,9H2,1H3. The summed E-state index contributed by atoms with van der Waals surface area (Å²) in [5.41, 5.74) is 0.433. The van der Waals surface area contributed by atoms with Crippen LogP contribution in [0.25, 0.3) is 0 Å². The van der Waals surface area contributed by atoms with E-state index >= 15 is 0 Å². The summed E-state index contributed by atoms with van der Waals surface area (Å²) in [4.78, 5) is 0. The molecule has 0 fully saturated rings. The number of nitriles is 1. The average Bonchev–Trinajstić information content (AvgIpc) is 2.41. The third-order valence-corrected chi connectivity index (χ3v) is 2.25. The number of methoxy groups -OCH3 is 1. The smallest absolute Gasteiger partial charge is 0.411 e. The predicted octanol–water partition coefficient (Wildman–Crippen LogP) is 2.91. The van der Waals surface area contributed by atoms with Gasteiger partial charge in [0, 0.05) is 12.5 Å². The first-order valence-corrected chi connectivity index (χ1v) is 5.81. The summed E-state index contributed by atoms with van der Waals surface area (Å²) in [6.45, 7) is -1.11. The normalized spacial score (nSPS) is 10.9. The molecule has 0 saturated carbocycles. The molecule has 1 rings (SSSR count). The fraction of sp³-hybridized carbons (Fsp3) is 0.462. The van der Waals surface area contributed by atoms with E-state index in [0.29, 0.717) is 23.5 Å². The molecule has 0 radical (unpaired) electrons. The molecule has 1 aromatic carbocycles. The van der Waals surface area contributed by atoms with Crippen molar-refractivity contribution in [3.8, 4) is 17.6 Å². The Morgan fingerprint density at radius 3 is 2.55 bits per heavy atom. The first kappa shape index (κ1) is 16.1. The van der Waals surface area contributed by atoms with E-state index in [1.54, 1.807) is 12.1 Å². The molecule has 0 N–H and O–H groups in total. The zero-order chi connectivity index (χ0) is 15.0. The van der Waals surface area contributed by atoms with E-state index in [2.05, 4.69) is 4.74 Å². The van der Waals surface area contributed by atoms with E-state index in [-0.39, 0.29) is 13.2 Å². The second-order valence-electron chi connectivity index (χ2n) is 3.85. The van der Waals surface area contributed by atoms with Gasteiger partial charge in [-0.3, -0.25) is 0 Å². The molecule has 0 spiro atoms. The van der Waals surface area contributed by atoms with Gasteiger partial charge in [-0.15, -0.1) is 0 Å². The first-order valence-electron chi connectivity index (χ1n) is 5.81. The molecule has 4 nitrogen and oxygen atoms in total. The van der Waals surface area contributed by atoms with E-state index in [9.17, 15) is 13.2 Å². The van der Waals surface area contributed by atoms with Gasteiger partial charge >= 0.3 is 6.18 Å². The molecule has 0 heterocycles. The van der Waals surface area contributed by atoms with Crippen molar-refractivity contribution in [3.63, 3.8) is 0 Å². The van der Waals surface area contributed by atoms with Crippen molar-refractivity contribution in [2.24, 2.45) is 0 Å². The van der Waals surface area contributed by atoms with Crippen LogP contribution in [0, 0.1) is 11.3 Å². The maximum absolute atomic E-state index is 11.8. The Balaban J connectivity index is 2.34. The zero-order valence-corrected chi connectivity index (χ0v) is 10.9. The highest BCUT2D eigenvalue weighted by atomic mass is 19.4. The minimum atomic E-state index is -4.31. The first-order chi connectivity index (χ1) is 9.46. The quantitative estimate of drug-likeness (QED) is 0.724. The van der Waals surface area contributed by atoms with Crippen molar-refractivity contribution < 1.29 is 27.4 Å². The molecule has 0 amide bonds. The predicted molar refractivity (Wildman–Crippen MR) is 64.7 cm³/mol. The van der Waals surface area contributed by atoms with Crippen LogP contribution >= 0.6 is 0 Å². The van der Waals surface area contributed by atoms with Crippen LogP contribution in [0.15, 0.2) is 18.2 Å². The number of alkyl halides is 3. The Hall–Kier alpha value is -1.94. The van der Waals surface area contributed by atoms with Crippen molar-refractivity contribution >= 4 is 0 Å². The second kappa shape index (κ2) is 7.60. The summed E-state index contributed by atoms with van der Waals surface area (Å²) < 4.78 is 50.3. The third kappa shape index (κ3) is 5.80. The Kier molecular flexibility index (Phi) is 6.12. The van der Waals surface area contributed by atoms with Gasteiger partial charge in [-0.25, -0.2) is 0 Å². The Morgan fingerprint density at radius 1 is 1.20 bits per heavy atom. The summed E-state index contributed by atoms with van der Waals surface area (Å²) in [6, 6.07) is 6.63. The van der Waals surface area contributed by atoms with Crippen molar-refractivity contribution in [1.29, 1.82) is 5.26 Å². The van der Waals surface area contributed by atoms with Crippen molar-refractivity contribution in [1.82, 2.24) is 0 Å². The van der Waals surface area contributed by atoms with Crippen molar-refractivity contribution in [2.45, 2.75) is 12.6 Å². The Morgan fingerprint density at radius 2 is 1.95 bits per heavy atom. The summed E-state index contributed by atoms with van der Waals surface area (Å²) >= 11 is 0. The molecule has 0 aromatic heterocycles. The van der Waals surface area contributed by atoms with Gasteiger partial charge < -0.3 is 14.2 Å². The molecule has 110 valence electrons. The van der Waals surface area contributed by atoms with Crippen LogP contribution in [0.1, 0.15) is 12.0 Å². The molecular weight excluding hydrogens is 275 g/mol. The molecular formula is C13H14F3NO3. The van der Waals surface area contributed by atoms with Crippen LogP contribution in [0.5, 0.6) is 11.5 Å². The highest BCUT2D eigenvalue weighted by Gasteiger charge is 2.27. The van der Waals surface area contributed by atoms with Crippen LogP contribution < -0.4 is 9.47 Å². The van der Waals surface area contributed by atoms with Crippen molar-refractivity contribution in [2.75, 3.05) is 26.9 Å². The van der Waals surface area contributed by atoms with Crippen LogP contribution in [0.3, 0.4) is 0 Å². The summed E-state index contributed by atoms with van der Waals surface area (Å²) in [6.07, 6.45) is -3.99. The number of ether oxygens (including phenoxy) is 3. The lowest BCUT2D eigenvalue weighted by atomic mass is 10.2. The molecule has 0 unspecified atom stereocenters. The van der Waals surface area contributed by atoms with Gasteiger partial charge in [-0.05, 0) is 12.1 Å². The third-order valence-electron chi connectivity index (χ3n) is 2.25. The highest BCUT2D eigenvalue weighted by Crippen LogP contribution is 2.27. The number of hydrogen-bond donors (Lipinski definition) is 0. The molecule has 0 saturated heterocycles. The van der Waals surface area contributed by atoms with Crippen molar-refractivity contribution in [3.05, 3.63) is 23.8 Å². The number of halogens is 3. The van der Waals surface area contributed by atoms with Gasteiger partial charge in [-0.2, -0.15) is 18.4 Å². The van der Waals surface area contributed by atoms with E-state index in [1.165, 1.54) is 13.2 Å². The minimum Gasteiger partial charge on any atom is -0.493 e. The largest absolute Gasteiger partial charge is 0.493 e. The summed E-state index contributed by atoms with van der Waals surface area (Å²) in [5, 5.41) is 8.73. The number of nitrogens with zero attached hydrogens (tertiary/aromatic N) is 1. The van der Waals surface area contributed by atoms with Gasteiger partial charge in [-0.1, -0.05) is 0 Å². The van der Waals surface area contributed by atoms with Crippen LogP contribution in [0.2, 0.25) is 0 Å². The van der Waals surface area contributed by atoms with E-state index in [4.69, 9.17) is 14.7 Å². The minimum absolute atomic E-state index is 0.0435. The monoisotopic (exact) mass is 289 g/mol. The lowest BCUT2D eigenvalue weighted by Crippen LogP contribution is -2.18. The topological polar surface area (TPSA) is 51.5 Å². The van der Waals surface area contributed by atoms with Gasteiger partial charge in [0.2, 0.25) is 0 Å². The van der Waals surface area contributed by atoms with Crippen LogP contribution in [0.4, 0.5) is 13.2 Å². The van der Waals surface area contributed by atoms with E-state index < -0.39 is 12.8 Å². The van der Waals surface area contributed by atoms with Gasteiger partial charge in [0.1, 0.15) is 6.61 Å². The number of rotatable bonds is 7. The maximum Gasteiger partial charge on any atom is 0.411 e. The van der Waals surface area contributed by atoms with Gasteiger partial charge in [0.15, 0.2) is 11.5 Å². The number of hydrogen-bond acceptors (Lipinski definition) is 4. The molecule has 0 bridgehead atoms. The van der Waals surface area contributed by atoms with Gasteiger partial charge in [0.25, 0.3) is 0 Å². The SMILES string of the molecule is COc1cc(C#N)ccc1OCCCOCC(F)(F)F.